The number of esters is 1. The average Bonchev–Trinajstić information content (AvgIpc) is 2.80. The van der Waals surface area contributed by atoms with E-state index in [-0.39, 0.29) is 27.7 Å². The molecule has 0 saturated carbocycles. The summed E-state index contributed by atoms with van der Waals surface area (Å²) < 4.78 is 6.11. The third-order valence-electron chi connectivity index (χ3n) is 4.53. The standard InChI is InChI=1S/C24H15BrClN3O5/c1-14-2-4-15(5-3-14)24(31)34-22-9-6-18(25)11-16(22)10-17(13-27)23(30)28-19-7-8-20(26)21(12-19)29(32)33/h2-12H,1H3,(H,28,30)/b17-10+. The number of nitrogens with zero attached hydrogens (tertiary/aromatic N) is 2. The molecule has 0 aliphatic rings. The largest absolute Gasteiger partial charge is 0.422 e. The highest BCUT2D eigenvalue weighted by atomic mass is 79.9. The fourth-order valence-electron chi connectivity index (χ4n) is 2.81. The minimum absolute atomic E-state index is 0.0857. The van der Waals surface area contributed by atoms with Crippen molar-refractivity contribution in [1.82, 2.24) is 0 Å². The van der Waals surface area contributed by atoms with Gasteiger partial charge in [0.15, 0.2) is 0 Å². The molecule has 34 heavy (non-hydrogen) atoms. The van der Waals surface area contributed by atoms with Gasteiger partial charge in [-0.1, -0.05) is 45.2 Å². The maximum atomic E-state index is 12.7. The number of nitriles is 1. The van der Waals surface area contributed by atoms with Crippen LogP contribution in [0.15, 0.2) is 70.7 Å². The molecule has 0 heterocycles. The molecular formula is C24H15BrClN3O5. The SMILES string of the molecule is Cc1ccc(C(=O)Oc2ccc(Br)cc2/C=C(\C#N)C(=O)Nc2ccc(Cl)c([N+](=O)[O-])c2)cc1. The summed E-state index contributed by atoms with van der Waals surface area (Å²) in [5, 5.41) is 22.9. The van der Waals surface area contributed by atoms with Gasteiger partial charge in [-0.15, -0.1) is 0 Å². The van der Waals surface area contributed by atoms with E-state index in [0.29, 0.717) is 15.6 Å². The fraction of sp³-hybridized carbons (Fsp3) is 0.0417. The number of aryl methyl sites for hydroxylation is 1. The van der Waals surface area contributed by atoms with Crippen LogP contribution in [0.4, 0.5) is 11.4 Å². The van der Waals surface area contributed by atoms with E-state index < -0.39 is 16.8 Å². The number of nitro benzene ring substituents is 1. The molecule has 3 rings (SSSR count). The van der Waals surface area contributed by atoms with E-state index in [9.17, 15) is 25.0 Å². The monoisotopic (exact) mass is 539 g/mol. The molecule has 1 N–H and O–H groups in total. The van der Waals surface area contributed by atoms with Crippen molar-refractivity contribution in [3.63, 3.8) is 0 Å². The molecule has 0 saturated heterocycles. The number of rotatable bonds is 6. The number of halogens is 2. The van der Waals surface area contributed by atoms with Gasteiger partial charge in [0, 0.05) is 21.8 Å². The van der Waals surface area contributed by atoms with Crippen molar-refractivity contribution in [1.29, 1.82) is 5.26 Å². The molecule has 0 radical (unpaired) electrons. The van der Waals surface area contributed by atoms with Crippen molar-refractivity contribution < 1.29 is 19.2 Å². The number of carbonyl (C=O) groups excluding carboxylic acids is 2. The quantitative estimate of drug-likeness (QED) is 0.101. The summed E-state index contributed by atoms with van der Waals surface area (Å²) in [4.78, 5) is 35.6. The van der Waals surface area contributed by atoms with E-state index in [4.69, 9.17) is 16.3 Å². The maximum Gasteiger partial charge on any atom is 0.343 e. The Labute approximate surface area is 207 Å². The van der Waals surface area contributed by atoms with Gasteiger partial charge in [-0.2, -0.15) is 5.26 Å². The van der Waals surface area contributed by atoms with E-state index in [1.54, 1.807) is 42.5 Å². The molecule has 0 bridgehead atoms. The van der Waals surface area contributed by atoms with Crippen molar-refractivity contribution in [2.45, 2.75) is 6.92 Å². The topological polar surface area (TPSA) is 122 Å². The number of nitrogens with one attached hydrogen (secondary N) is 1. The molecule has 0 spiro atoms. The molecule has 3 aromatic carbocycles. The number of hydrogen-bond acceptors (Lipinski definition) is 6. The van der Waals surface area contributed by atoms with E-state index in [1.807, 2.05) is 6.92 Å². The van der Waals surface area contributed by atoms with E-state index in [1.165, 1.54) is 24.3 Å². The molecule has 0 aliphatic carbocycles. The molecule has 0 atom stereocenters. The number of ether oxygens (including phenoxy) is 1. The van der Waals surface area contributed by atoms with E-state index in [0.717, 1.165) is 11.6 Å². The Bertz CT molecular complexity index is 1360. The first kappa shape index (κ1) is 24.6. The van der Waals surface area contributed by atoms with Gasteiger partial charge in [-0.3, -0.25) is 14.9 Å². The molecule has 3 aromatic rings. The van der Waals surface area contributed by atoms with Gasteiger partial charge in [0.1, 0.15) is 22.4 Å². The summed E-state index contributed by atoms with van der Waals surface area (Å²) in [6, 6.07) is 17.1. The van der Waals surface area contributed by atoms with Crippen LogP contribution in [-0.2, 0) is 4.79 Å². The highest BCUT2D eigenvalue weighted by Gasteiger charge is 2.17. The first-order valence-corrected chi connectivity index (χ1v) is 10.8. The van der Waals surface area contributed by atoms with E-state index in [2.05, 4.69) is 21.2 Å². The molecule has 0 aromatic heterocycles. The Morgan fingerprint density at radius 1 is 1.15 bits per heavy atom. The zero-order chi connectivity index (χ0) is 24.8. The second-order valence-corrected chi connectivity index (χ2v) is 8.31. The van der Waals surface area contributed by atoms with Crippen molar-refractivity contribution >= 4 is 56.9 Å². The summed E-state index contributed by atoms with van der Waals surface area (Å²) in [5.41, 5.74) is 0.999. The second-order valence-electron chi connectivity index (χ2n) is 6.98. The van der Waals surface area contributed by atoms with Crippen molar-refractivity contribution in [3.05, 3.63) is 103 Å². The smallest absolute Gasteiger partial charge is 0.343 e. The summed E-state index contributed by atoms with van der Waals surface area (Å²) >= 11 is 9.10. The lowest BCUT2D eigenvalue weighted by atomic mass is 10.1. The van der Waals surface area contributed by atoms with Crippen LogP contribution < -0.4 is 10.1 Å². The average molecular weight is 541 g/mol. The van der Waals surface area contributed by atoms with Crippen LogP contribution in [-0.4, -0.2) is 16.8 Å². The van der Waals surface area contributed by atoms with Crippen molar-refractivity contribution in [2.24, 2.45) is 0 Å². The van der Waals surface area contributed by atoms with Gasteiger partial charge in [0.25, 0.3) is 11.6 Å². The zero-order valence-corrected chi connectivity index (χ0v) is 19.9. The van der Waals surface area contributed by atoms with Gasteiger partial charge in [-0.25, -0.2) is 4.79 Å². The number of nitro groups is 1. The minimum atomic E-state index is -0.810. The normalized spacial score (nSPS) is 10.8. The fourth-order valence-corrected chi connectivity index (χ4v) is 3.37. The Morgan fingerprint density at radius 3 is 2.50 bits per heavy atom. The molecular weight excluding hydrogens is 526 g/mol. The predicted molar refractivity (Wildman–Crippen MR) is 131 cm³/mol. The van der Waals surface area contributed by atoms with Crippen LogP contribution in [0.5, 0.6) is 5.75 Å². The molecule has 0 aliphatic heterocycles. The minimum Gasteiger partial charge on any atom is -0.422 e. The van der Waals surface area contributed by atoms with Crippen LogP contribution in [0.2, 0.25) is 5.02 Å². The number of carbonyl (C=O) groups is 2. The van der Waals surface area contributed by atoms with Crippen molar-refractivity contribution in [3.8, 4) is 11.8 Å². The van der Waals surface area contributed by atoms with Crippen LogP contribution in [0.25, 0.3) is 6.08 Å². The number of amides is 1. The van der Waals surface area contributed by atoms with Crippen LogP contribution in [0.1, 0.15) is 21.5 Å². The summed E-state index contributed by atoms with van der Waals surface area (Å²) in [6.45, 7) is 1.89. The lowest BCUT2D eigenvalue weighted by molar-refractivity contribution is -0.384. The van der Waals surface area contributed by atoms with Gasteiger partial charge in [-0.05, 0) is 55.5 Å². The zero-order valence-electron chi connectivity index (χ0n) is 17.5. The molecule has 10 heteroatoms. The number of anilines is 1. The lowest BCUT2D eigenvalue weighted by Gasteiger charge is -2.10. The second kappa shape index (κ2) is 10.7. The Hall–Kier alpha value is -4.00. The van der Waals surface area contributed by atoms with E-state index >= 15 is 0 Å². The van der Waals surface area contributed by atoms with Crippen LogP contribution in [0, 0.1) is 28.4 Å². The lowest BCUT2D eigenvalue weighted by Crippen LogP contribution is -2.14. The maximum absolute atomic E-state index is 12.7. The number of benzene rings is 3. The Balaban J connectivity index is 1.88. The van der Waals surface area contributed by atoms with Crippen LogP contribution in [0.3, 0.4) is 0 Å². The van der Waals surface area contributed by atoms with Gasteiger partial charge in [0.05, 0.1) is 10.5 Å². The van der Waals surface area contributed by atoms with Crippen LogP contribution >= 0.6 is 27.5 Å². The van der Waals surface area contributed by atoms with Gasteiger partial charge < -0.3 is 10.1 Å². The molecule has 8 nitrogen and oxygen atoms in total. The third-order valence-corrected chi connectivity index (χ3v) is 5.34. The number of hydrogen-bond donors (Lipinski definition) is 1. The first-order chi connectivity index (χ1) is 16.2. The highest BCUT2D eigenvalue weighted by Crippen LogP contribution is 2.29. The summed E-state index contributed by atoms with van der Waals surface area (Å²) in [6.07, 6.45) is 1.25. The molecule has 0 fully saturated rings. The summed E-state index contributed by atoms with van der Waals surface area (Å²) in [5.74, 6) is -1.28. The molecule has 170 valence electrons. The Kier molecular flexibility index (Phi) is 7.79. The first-order valence-electron chi connectivity index (χ1n) is 9.63. The van der Waals surface area contributed by atoms with Gasteiger partial charge in [0.2, 0.25) is 0 Å². The molecule has 0 unspecified atom stereocenters. The van der Waals surface area contributed by atoms with Crippen molar-refractivity contribution in [2.75, 3.05) is 5.32 Å². The molecule has 1 amide bonds. The predicted octanol–water partition coefficient (Wildman–Crippen LogP) is 6.08. The summed E-state index contributed by atoms with van der Waals surface area (Å²) in [7, 11) is 0. The third kappa shape index (κ3) is 6.07. The Morgan fingerprint density at radius 2 is 1.85 bits per heavy atom. The van der Waals surface area contributed by atoms with Gasteiger partial charge >= 0.3 is 5.97 Å². The highest BCUT2D eigenvalue weighted by molar-refractivity contribution is 9.10.